The summed E-state index contributed by atoms with van der Waals surface area (Å²) in [5.74, 6) is 0. The molecule has 0 aromatic rings. The van der Waals surface area contributed by atoms with Gasteiger partial charge in [0.2, 0.25) is 0 Å². The molecule has 0 spiro atoms. The molecule has 0 aliphatic carbocycles. The molecule has 0 rings (SSSR count). The van der Waals surface area contributed by atoms with Gasteiger partial charge in [0.05, 0.1) is 0 Å². The van der Waals surface area contributed by atoms with Crippen molar-refractivity contribution in [1.82, 2.24) is 0 Å². The van der Waals surface area contributed by atoms with Crippen LogP contribution in [0, 0.1) is 0 Å². The van der Waals surface area contributed by atoms with Crippen molar-refractivity contribution in [3.63, 3.8) is 0 Å². The van der Waals surface area contributed by atoms with E-state index < -0.39 is 83.7 Å². The van der Waals surface area contributed by atoms with Crippen molar-refractivity contribution in [3.05, 3.63) is 0 Å². The molecule has 160 valence electrons. The van der Waals surface area contributed by atoms with Gasteiger partial charge in [-0.05, 0) is 0 Å². The second-order valence-corrected chi connectivity index (χ2v) is 16.7. The summed E-state index contributed by atoms with van der Waals surface area (Å²) in [5.41, 5.74) is 0. The summed E-state index contributed by atoms with van der Waals surface area (Å²) >= 11 is -30.8. The van der Waals surface area contributed by atoms with Gasteiger partial charge < -0.3 is 0 Å². The summed E-state index contributed by atoms with van der Waals surface area (Å²) in [6.07, 6.45) is 0. The van der Waals surface area contributed by atoms with E-state index in [0.29, 0.717) is 0 Å². The quantitative estimate of drug-likeness (QED) is 0.203. The van der Waals surface area contributed by atoms with Gasteiger partial charge in [0.25, 0.3) is 0 Å². The Morgan fingerprint density at radius 3 is 0.259 bits per heavy atom. The summed E-state index contributed by atoms with van der Waals surface area (Å²) < 4.78 is 173. The van der Waals surface area contributed by atoms with Crippen LogP contribution in [0.3, 0.4) is 0 Å². The number of rotatable bonds is 0. The third-order valence-corrected chi connectivity index (χ3v) is 0. The molecule has 0 saturated heterocycles. The first kappa shape index (κ1) is 47.3. The van der Waals surface area contributed by atoms with Gasteiger partial charge in [-0.2, -0.15) is 0 Å². The first-order valence-electron chi connectivity index (χ1n) is 3.33. The van der Waals surface area contributed by atoms with Crippen molar-refractivity contribution in [2.75, 3.05) is 0 Å². The van der Waals surface area contributed by atoms with Crippen molar-refractivity contribution >= 4 is 0 Å². The van der Waals surface area contributed by atoms with E-state index in [1.165, 1.54) is 0 Å². The molecule has 0 aliphatic rings. The van der Waals surface area contributed by atoms with Crippen molar-refractivity contribution in [3.8, 4) is 0 Å². The minimum absolute atomic E-state index is 0. The molecule has 0 aromatic heterocycles. The maximum atomic E-state index is 8.65. The fourth-order valence-corrected chi connectivity index (χ4v) is 0. The molecule has 0 radical (unpaired) electrons. The Kier molecular flexibility index (Phi) is 35.8. The van der Waals surface area contributed by atoms with Gasteiger partial charge in [-0.15, -0.1) is 0 Å². The summed E-state index contributed by atoms with van der Waals surface area (Å²) in [6.45, 7) is 0. The molecular formula is Nb2O20W5. The molecule has 0 amide bonds. The van der Waals surface area contributed by atoms with Gasteiger partial charge in [-0.1, -0.05) is 0 Å². The van der Waals surface area contributed by atoms with Crippen LogP contribution in [0.5, 0.6) is 0 Å². The Morgan fingerprint density at radius 1 is 0.259 bits per heavy atom. The van der Waals surface area contributed by atoms with Crippen LogP contribution in [0.1, 0.15) is 0 Å². The SMILES string of the molecule is [Nb+5].[Nb+5].[O]=[W](=[O])([O-])[O-].[O]=[W](=[O])([O-])[O-].[O]=[W](=[O])([O-])[O-].[O]=[W](=[O])([O-])[O-].[O]=[W](=[O])([O-])[O-]. The number of hydrogen-bond acceptors (Lipinski definition) is 20. The van der Waals surface area contributed by atoms with Gasteiger partial charge in [-0.25, -0.2) is 0 Å². The third-order valence-electron chi connectivity index (χ3n) is 0. The molecule has 0 fully saturated rings. The molecule has 0 bridgehead atoms. The predicted octanol–water partition coefficient (Wildman–Crippen LogP) is -13.1. The molecule has 20 nitrogen and oxygen atoms in total. The van der Waals surface area contributed by atoms with E-state index in [9.17, 15) is 0 Å². The number of hydrogen-bond donors (Lipinski definition) is 0. The van der Waals surface area contributed by atoms with Crippen LogP contribution in [0.25, 0.3) is 0 Å². The van der Waals surface area contributed by atoms with E-state index in [1.54, 1.807) is 0 Å². The van der Waals surface area contributed by atoms with E-state index in [0.717, 1.165) is 0 Å². The zero-order valence-corrected chi connectivity index (χ0v) is 30.2. The third kappa shape index (κ3) is 3150. The van der Waals surface area contributed by atoms with Crippen LogP contribution in [0.15, 0.2) is 0 Å². The average molecular weight is 1420 g/mol. The van der Waals surface area contributed by atoms with Crippen LogP contribution in [-0.4, -0.2) is 0 Å². The summed E-state index contributed by atoms with van der Waals surface area (Å²) in [6, 6.07) is 0. The maximum absolute atomic E-state index is 8.65. The Labute approximate surface area is 197 Å². The van der Waals surface area contributed by atoms with E-state index >= 15 is 0 Å². The van der Waals surface area contributed by atoms with Crippen LogP contribution in [0.2, 0.25) is 0 Å². The normalized spacial score (nSPS) is 10.7. The second-order valence-electron chi connectivity index (χ2n) is 2.04. The molecule has 27 heteroatoms. The Morgan fingerprint density at radius 2 is 0.259 bits per heavy atom. The molecule has 0 aliphatic heterocycles. The minimum atomic E-state index is -6.17. The topological polar surface area (TPSA) is 401 Å². The van der Waals surface area contributed by atoms with E-state index in [-0.39, 0.29) is 44.8 Å². The van der Waals surface area contributed by atoms with Crippen molar-refractivity contribution in [1.29, 1.82) is 0 Å². The van der Waals surface area contributed by atoms with E-state index in [2.05, 4.69) is 0 Å². The van der Waals surface area contributed by atoms with Crippen LogP contribution >= 0.6 is 0 Å². The average Bonchev–Trinajstić information content (AvgIpc) is 1.79. The Balaban J connectivity index is -0.0000000364. The van der Waals surface area contributed by atoms with Crippen LogP contribution in [-0.2, 0) is 162 Å². The monoisotopic (exact) mass is 1430 g/mol. The molecule has 0 saturated carbocycles. The van der Waals surface area contributed by atoms with Gasteiger partial charge in [0.15, 0.2) is 0 Å². The Bertz CT molecular complexity index is 619. The molecule has 0 unspecified atom stereocenters. The molecule has 0 heterocycles. The molecule has 0 atom stereocenters. The Hall–Kier alpha value is 2.52. The molecule has 0 aromatic carbocycles. The summed E-state index contributed by atoms with van der Waals surface area (Å²) in [5, 5.41) is 0. The van der Waals surface area contributed by atoms with Gasteiger partial charge in [0, 0.05) is 0 Å². The van der Waals surface area contributed by atoms with Crippen LogP contribution in [0.4, 0.5) is 0 Å². The zero-order chi connectivity index (χ0) is 22.5. The molecule has 0 N–H and O–H groups in total. The van der Waals surface area contributed by atoms with Gasteiger partial charge >= 0.3 is 200 Å². The van der Waals surface area contributed by atoms with Crippen LogP contribution < -0.4 is 37.6 Å². The van der Waals surface area contributed by atoms with Crippen molar-refractivity contribution in [2.24, 2.45) is 0 Å². The fraction of sp³-hybridized carbons (Fsp3) is 0. The standard InChI is InChI=1S/2Nb.20O.5W/q2*+5;;;;;;;;;;;10*-1;;;;;. The van der Waals surface area contributed by atoms with E-state index in [4.69, 9.17) is 71.6 Å². The van der Waals surface area contributed by atoms with E-state index in [1.807, 2.05) is 0 Å². The zero-order valence-electron chi connectivity index (χ0n) is 11.1. The predicted molar refractivity (Wildman–Crippen MR) is 6.86 cm³/mol. The van der Waals surface area contributed by atoms with Crippen molar-refractivity contribution in [2.45, 2.75) is 0 Å². The van der Waals surface area contributed by atoms with Gasteiger partial charge in [0.1, 0.15) is 0 Å². The fourth-order valence-electron chi connectivity index (χ4n) is 0. The second kappa shape index (κ2) is 20.4. The molecule has 27 heavy (non-hydrogen) atoms. The van der Waals surface area contributed by atoms with Gasteiger partial charge in [-0.3, -0.25) is 0 Å². The molecular weight excluding hydrogens is 1420 g/mol. The first-order valence-corrected chi connectivity index (χ1v) is 27.3. The summed E-state index contributed by atoms with van der Waals surface area (Å²) in [7, 11) is 0. The first-order chi connectivity index (χ1) is 10.0. The summed E-state index contributed by atoms with van der Waals surface area (Å²) in [4.78, 5) is 0. The van der Waals surface area contributed by atoms with Crippen molar-refractivity contribution < 1.29 is 200 Å².